The molecule has 0 saturated heterocycles. The van der Waals surface area contributed by atoms with Gasteiger partial charge in [-0.3, -0.25) is 4.79 Å². The molecule has 0 unspecified atom stereocenters. The van der Waals surface area contributed by atoms with Crippen LogP contribution >= 0.6 is 0 Å². The first-order chi connectivity index (χ1) is 8.75. The van der Waals surface area contributed by atoms with Gasteiger partial charge in [0.05, 0.1) is 0 Å². The summed E-state index contributed by atoms with van der Waals surface area (Å²) in [6.07, 6.45) is 5.55. The lowest BCUT2D eigenvalue weighted by Gasteiger charge is -2.25. The maximum Gasteiger partial charge on any atom is 0.223 e. The second-order valence-electron chi connectivity index (χ2n) is 5.50. The number of amides is 1. The van der Waals surface area contributed by atoms with Gasteiger partial charge in [-0.1, -0.05) is 50.1 Å². The average Bonchev–Trinajstić information content (AvgIpc) is 2.40. The van der Waals surface area contributed by atoms with Crippen LogP contribution in [0.2, 0.25) is 0 Å². The van der Waals surface area contributed by atoms with E-state index in [1.165, 1.54) is 18.4 Å². The zero-order valence-electron chi connectivity index (χ0n) is 11.2. The van der Waals surface area contributed by atoms with E-state index >= 15 is 0 Å². The van der Waals surface area contributed by atoms with Crippen molar-refractivity contribution >= 4 is 5.91 Å². The molecule has 0 aliphatic heterocycles. The Balaban J connectivity index is 1.71. The topological polar surface area (TPSA) is 29.1 Å². The SMILES string of the molecule is C[C@@H]1CCC[C@H](C(=O)NCCc2ccccc2)C1. The molecule has 0 bridgehead atoms. The molecule has 1 N–H and O–H groups in total. The Morgan fingerprint density at radius 3 is 2.78 bits per heavy atom. The molecule has 98 valence electrons. The van der Waals surface area contributed by atoms with Crippen LogP contribution in [0, 0.1) is 11.8 Å². The Labute approximate surface area is 110 Å². The lowest BCUT2D eigenvalue weighted by atomic mass is 9.82. The van der Waals surface area contributed by atoms with Crippen molar-refractivity contribution in [3.63, 3.8) is 0 Å². The minimum Gasteiger partial charge on any atom is -0.356 e. The van der Waals surface area contributed by atoms with E-state index < -0.39 is 0 Å². The highest BCUT2D eigenvalue weighted by Crippen LogP contribution is 2.28. The molecule has 0 radical (unpaired) electrons. The summed E-state index contributed by atoms with van der Waals surface area (Å²) < 4.78 is 0. The largest absolute Gasteiger partial charge is 0.356 e. The van der Waals surface area contributed by atoms with Gasteiger partial charge in [0.15, 0.2) is 0 Å². The Hall–Kier alpha value is -1.31. The average molecular weight is 245 g/mol. The predicted molar refractivity (Wildman–Crippen MR) is 74.3 cm³/mol. The third kappa shape index (κ3) is 3.86. The number of nitrogens with one attached hydrogen (secondary N) is 1. The Morgan fingerprint density at radius 1 is 1.28 bits per heavy atom. The van der Waals surface area contributed by atoms with Crippen LogP contribution in [0.25, 0.3) is 0 Å². The molecule has 1 amide bonds. The summed E-state index contributed by atoms with van der Waals surface area (Å²) in [5.74, 6) is 1.23. The standard InChI is InChI=1S/C16H23NO/c1-13-6-5-9-15(12-13)16(18)17-11-10-14-7-3-2-4-8-14/h2-4,7-8,13,15H,5-6,9-12H2,1H3,(H,17,18)/t13-,15+/m1/s1. The van der Waals surface area contributed by atoms with Gasteiger partial charge in [-0.2, -0.15) is 0 Å². The molecule has 0 spiro atoms. The summed E-state index contributed by atoms with van der Waals surface area (Å²) >= 11 is 0. The summed E-state index contributed by atoms with van der Waals surface area (Å²) in [5, 5.41) is 3.08. The minimum atomic E-state index is 0.254. The molecule has 2 heteroatoms. The summed E-state index contributed by atoms with van der Waals surface area (Å²) in [7, 11) is 0. The number of hydrogen-bond donors (Lipinski definition) is 1. The van der Waals surface area contributed by atoms with Crippen LogP contribution in [0.4, 0.5) is 0 Å². The predicted octanol–water partition coefficient (Wildman–Crippen LogP) is 3.17. The molecule has 1 aliphatic rings. The Bertz CT molecular complexity index is 374. The highest BCUT2D eigenvalue weighted by atomic mass is 16.1. The van der Waals surface area contributed by atoms with Gasteiger partial charge in [-0.05, 0) is 30.7 Å². The van der Waals surface area contributed by atoms with Crippen molar-refractivity contribution in [1.82, 2.24) is 5.32 Å². The molecule has 1 aromatic rings. The molecule has 1 aliphatic carbocycles. The van der Waals surface area contributed by atoms with Crippen molar-refractivity contribution in [3.05, 3.63) is 35.9 Å². The van der Waals surface area contributed by atoms with E-state index in [2.05, 4.69) is 24.4 Å². The summed E-state index contributed by atoms with van der Waals surface area (Å²) in [4.78, 5) is 12.0. The van der Waals surface area contributed by atoms with Gasteiger partial charge in [0.1, 0.15) is 0 Å². The fourth-order valence-electron chi connectivity index (χ4n) is 2.79. The highest BCUT2D eigenvalue weighted by molar-refractivity contribution is 5.78. The van der Waals surface area contributed by atoms with Crippen LogP contribution in [0.15, 0.2) is 30.3 Å². The Kier molecular flexibility index (Phi) is 4.80. The van der Waals surface area contributed by atoms with Crippen LogP contribution < -0.4 is 5.32 Å². The summed E-state index contributed by atoms with van der Waals surface area (Å²) in [6.45, 7) is 3.01. The number of benzene rings is 1. The van der Waals surface area contributed by atoms with Gasteiger partial charge in [0, 0.05) is 12.5 Å². The van der Waals surface area contributed by atoms with Crippen molar-refractivity contribution in [1.29, 1.82) is 0 Å². The number of rotatable bonds is 4. The molecule has 2 nitrogen and oxygen atoms in total. The van der Waals surface area contributed by atoms with Gasteiger partial charge >= 0.3 is 0 Å². The monoisotopic (exact) mass is 245 g/mol. The van der Waals surface area contributed by atoms with E-state index in [9.17, 15) is 4.79 Å². The number of carbonyl (C=O) groups excluding carboxylic acids is 1. The molecule has 1 saturated carbocycles. The van der Waals surface area contributed by atoms with Gasteiger partial charge < -0.3 is 5.32 Å². The first kappa shape index (κ1) is 13.1. The van der Waals surface area contributed by atoms with E-state index in [1.54, 1.807) is 0 Å². The molecule has 2 atom stereocenters. The third-order valence-corrected chi connectivity index (χ3v) is 3.86. The first-order valence-corrected chi connectivity index (χ1v) is 7.07. The molecule has 18 heavy (non-hydrogen) atoms. The third-order valence-electron chi connectivity index (χ3n) is 3.86. The maximum atomic E-state index is 12.0. The molecular formula is C16H23NO. The summed E-state index contributed by atoms with van der Waals surface area (Å²) in [6, 6.07) is 10.3. The van der Waals surface area contributed by atoms with Gasteiger partial charge in [-0.25, -0.2) is 0 Å². The van der Waals surface area contributed by atoms with Crippen LogP contribution in [0.1, 0.15) is 38.2 Å². The molecule has 1 aromatic carbocycles. The van der Waals surface area contributed by atoms with E-state index in [0.717, 1.165) is 25.8 Å². The van der Waals surface area contributed by atoms with Gasteiger partial charge in [-0.15, -0.1) is 0 Å². The highest BCUT2D eigenvalue weighted by Gasteiger charge is 2.24. The summed E-state index contributed by atoms with van der Waals surface area (Å²) in [5.41, 5.74) is 1.29. The van der Waals surface area contributed by atoms with Crippen LogP contribution in [-0.4, -0.2) is 12.5 Å². The maximum absolute atomic E-state index is 12.0. The molecule has 0 aromatic heterocycles. The lowest BCUT2D eigenvalue weighted by Crippen LogP contribution is -2.34. The van der Waals surface area contributed by atoms with Crippen LogP contribution in [-0.2, 0) is 11.2 Å². The minimum absolute atomic E-state index is 0.254. The van der Waals surface area contributed by atoms with Crippen LogP contribution in [0.5, 0.6) is 0 Å². The van der Waals surface area contributed by atoms with Crippen molar-refractivity contribution in [2.24, 2.45) is 11.8 Å². The normalized spacial score (nSPS) is 23.6. The smallest absolute Gasteiger partial charge is 0.223 e. The zero-order chi connectivity index (χ0) is 12.8. The van der Waals surface area contributed by atoms with Crippen molar-refractivity contribution < 1.29 is 4.79 Å². The second-order valence-corrected chi connectivity index (χ2v) is 5.50. The van der Waals surface area contributed by atoms with E-state index in [-0.39, 0.29) is 11.8 Å². The van der Waals surface area contributed by atoms with E-state index in [1.807, 2.05) is 18.2 Å². The molecule has 0 heterocycles. The number of carbonyl (C=O) groups is 1. The zero-order valence-corrected chi connectivity index (χ0v) is 11.2. The fraction of sp³-hybridized carbons (Fsp3) is 0.562. The van der Waals surface area contributed by atoms with E-state index in [4.69, 9.17) is 0 Å². The van der Waals surface area contributed by atoms with Gasteiger partial charge in [0.2, 0.25) is 5.91 Å². The second kappa shape index (κ2) is 6.58. The van der Waals surface area contributed by atoms with Crippen molar-refractivity contribution in [2.75, 3.05) is 6.54 Å². The molecule has 1 fully saturated rings. The molecule has 2 rings (SSSR count). The first-order valence-electron chi connectivity index (χ1n) is 7.07. The Morgan fingerprint density at radius 2 is 2.06 bits per heavy atom. The van der Waals surface area contributed by atoms with E-state index in [0.29, 0.717) is 5.92 Å². The van der Waals surface area contributed by atoms with Crippen molar-refractivity contribution in [2.45, 2.75) is 39.0 Å². The number of hydrogen-bond acceptors (Lipinski definition) is 1. The van der Waals surface area contributed by atoms with Crippen LogP contribution in [0.3, 0.4) is 0 Å². The van der Waals surface area contributed by atoms with Gasteiger partial charge in [0.25, 0.3) is 0 Å². The van der Waals surface area contributed by atoms with Crippen molar-refractivity contribution in [3.8, 4) is 0 Å². The quantitative estimate of drug-likeness (QED) is 0.867. The lowest BCUT2D eigenvalue weighted by molar-refractivity contribution is -0.126. The molecular weight excluding hydrogens is 222 g/mol. The fourth-order valence-corrected chi connectivity index (χ4v) is 2.79.